The highest BCUT2D eigenvalue weighted by Crippen LogP contribution is 2.27. The Labute approximate surface area is 157 Å². The summed E-state index contributed by atoms with van der Waals surface area (Å²) in [6.07, 6.45) is 0. The van der Waals surface area contributed by atoms with Crippen LogP contribution in [0.1, 0.15) is 32.4 Å². The van der Waals surface area contributed by atoms with E-state index in [2.05, 4.69) is 26.6 Å². The zero-order valence-electron chi connectivity index (χ0n) is 14.3. The molecule has 8 heteroatoms. The Bertz CT molecular complexity index is 569. The van der Waals surface area contributed by atoms with Crippen LogP contribution in [0.15, 0.2) is 22.7 Å². The number of nitrogens with two attached hydrogens (primary N) is 1. The topological polar surface area (TPSA) is 93.5 Å². The van der Waals surface area contributed by atoms with E-state index >= 15 is 0 Å². The molecule has 1 unspecified atom stereocenters. The molecule has 1 rings (SSSR count). The lowest BCUT2D eigenvalue weighted by atomic mass is 10.1. The molecular weight excluding hydrogens is 398 g/mol. The SMILES string of the molecule is COc1ccc(C(C)NC(=O)CNC(=O)[C@@H](N)C(C)C)cc1Br.Cl. The standard InChI is InChI=1S/C16H24BrN3O3.ClH/c1-9(2)15(18)16(22)19-8-14(21)20-10(3)11-5-6-13(23-4)12(17)7-11;/h5-7,9-10,15H,8,18H2,1-4H3,(H,19,22)(H,20,21);1H/t10?,15-;/m0./s1. The lowest BCUT2D eigenvalue weighted by Crippen LogP contribution is -2.47. The monoisotopic (exact) mass is 421 g/mol. The minimum Gasteiger partial charge on any atom is -0.496 e. The molecule has 1 aromatic carbocycles. The molecule has 0 aliphatic heterocycles. The molecule has 4 N–H and O–H groups in total. The summed E-state index contributed by atoms with van der Waals surface area (Å²) >= 11 is 3.41. The van der Waals surface area contributed by atoms with Gasteiger partial charge in [0.1, 0.15) is 5.75 Å². The van der Waals surface area contributed by atoms with Gasteiger partial charge in [0, 0.05) is 0 Å². The summed E-state index contributed by atoms with van der Waals surface area (Å²) < 4.78 is 5.99. The van der Waals surface area contributed by atoms with Gasteiger partial charge in [-0.3, -0.25) is 9.59 Å². The number of hydrogen-bond donors (Lipinski definition) is 3. The number of ether oxygens (including phenoxy) is 1. The summed E-state index contributed by atoms with van der Waals surface area (Å²) in [6, 6.07) is 4.78. The van der Waals surface area contributed by atoms with E-state index in [0.29, 0.717) is 0 Å². The number of amides is 2. The molecule has 2 amide bonds. The summed E-state index contributed by atoms with van der Waals surface area (Å²) in [4.78, 5) is 23.7. The Kier molecular flexibility index (Phi) is 9.96. The summed E-state index contributed by atoms with van der Waals surface area (Å²) in [6.45, 7) is 5.48. The number of benzene rings is 1. The average molecular weight is 423 g/mol. The Balaban J connectivity index is 0.00000529. The largest absolute Gasteiger partial charge is 0.496 e. The average Bonchev–Trinajstić information content (AvgIpc) is 2.51. The van der Waals surface area contributed by atoms with Gasteiger partial charge in [0.25, 0.3) is 0 Å². The van der Waals surface area contributed by atoms with Crippen molar-refractivity contribution in [1.82, 2.24) is 10.6 Å². The Morgan fingerprint density at radius 3 is 2.42 bits per heavy atom. The highest BCUT2D eigenvalue weighted by atomic mass is 79.9. The number of methoxy groups -OCH3 is 1. The molecule has 0 fully saturated rings. The molecular formula is C16H25BrClN3O3. The number of halogens is 2. The molecule has 136 valence electrons. The second kappa shape index (κ2) is 10.5. The summed E-state index contributed by atoms with van der Waals surface area (Å²) in [7, 11) is 1.59. The maximum absolute atomic E-state index is 11.9. The minimum atomic E-state index is -0.613. The van der Waals surface area contributed by atoms with Crippen molar-refractivity contribution in [2.75, 3.05) is 13.7 Å². The Morgan fingerprint density at radius 1 is 1.29 bits per heavy atom. The first-order valence-corrected chi connectivity index (χ1v) is 8.21. The normalized spacial score (nSPS) is 12.8. The molecule has 2 atom stereocenters. The van der Waals surface area contributed by atoms with Crippen molar-refractivity contribution in [2.45, 2.75) is 32.9 Å². The molecule has 24 heavy (non-hydrogen) atoms. The van der Waals surface area contributed by atoms with Gasteiger partial charge in [-0.05, 0) is 46.5 Å². The third-order valence-electron chi connectivity index (χ3n) is 3.50. The van der Waals surface area contributed by atoms with E-state index in [1.807, 2.05) is 39.0 Å². The fourth-order valence-electron chi connectivity index (χ4n) is 1.92. The fourth-order valence-corrected chi connectivity index (χ4v) is 2.47. The number of hydrogen-bond acceptors (Lipinski definition) is 4. The molecule has 0 aliphatic rings. The van der Waals surface area contributed by atoms with Crippen LogP contribution in [0.4, 0.5) is 0 Å². The first-order valence-electron chi connectivity index (χ1n) is 7.42. The highest BCUT2D eigenvalue weighted by molar-refractivity contribution is 9.10. The van der Waals surface area contributed by atoms with E-state index in [1.54, 1.807) is 7.11 Å². The summed E-state index contributed by atoms with van der Waals surface area (Å²) in [5, 5.41) is 5.37. The quantitative estimate of drug-likeness (QED) is 0.627. The Hall–Kier alpha value is -1.31. The van der Waals surface area contributed by atoms with Crippen molar-refractivity contribution < 1.29 is 14.3 Å². The molecule has 0 heterocycles. The van der Waals surface area contributed by atoms with Crippen LogP contribution in [-0.2, 0) is 9.59 Å². The number of carbonyl (C=O) groups is 2. The molecule has 1 aromatic rings. The van der Waals surface area contributed by atoms with Crippen LogP contribution in [0, 0.1) is 5.92 Å². The van der Waals surface area contributed by atoms with Crippen LogP contribution in [0.3, 0.4) is 0 Å². The van der Waals surface area contributed by atoms with Gasteiger partial charge in [-0.15, -0.1) is 12.4 Å². The maximum Gasteiger partial charge on any atom is 0.239 e. The maximum atomic E-state index is 11.9. The van der Waals surface area contributed by atoms with E-state index in [4.69, 9.17) is 10.5 Å². The van der Waals surface area contributed by atoms with Crippen LogP contribution in [0.25, 0.3) is 0 Å². The highest BCUT2D eigenvalue weighted by Gasteiger charge is 2.18. The molecule has 0 aromatic heterocycles. The molecule has 6 nitrogen and oxygen atoms in total. The van der Waals surface area contributed by atoms with Crippen LogP contribution in [0.2, 0.25) is 0 Å². The van der Waals surface area contributed by atoms with Crippen LogP contribution in [-0.4, -0.2) is 31.5 Å². The number of carbonyl (C=O) groups excluding carboxylic acids is 2. The van der Waals surface area contributed by atoms with Gasteiger partial charge in [0.15, 0.2) is 0 Å². The number of nitrogens with one attached hydrogen (secondary N) is 2. The molecule has 0 saturated carbocycles. The Morgan fingerprint density at radius 2 is 1.92 bits per heavy atom. The molecule has 0 aliphatic carbocycles. The van der Waals surface area contributed by atoms with E-state index < -0.39 is 6.04 Å². The molecule has 0 bridgehead atoms. The summed E-state index contributed by atoms with van der Waals surface area (Å²) in [5.74, 6) is 0.152. The zero-order valence-corrected chi connectivity index (χ0v) is 16.7. The summed E-state index contributed by atoms with van der Waals surface area (Å²) in [5.41, 5.74) is 6.65. The van der Waals surface area contributed by atoms with Crippen molar-refractivity contribution in [3.63, 3.8) is 0 Å². The van der Waals surface area contributed by atoms with Gasteiger partial charge < -0.3 is 21.1 Å². The first kappa shape index (κ1) is 22.7. The van der Waals surface area contributed by atoms with Gasteiger partial charge in [-0.2, -0.15) is 0 Å². The third kappa shape index (κ3) is 6.67. The molecule has 0 saturated heterocycles. The van der Waals surface area contributed by atoms with E-state index in [-0.39, 0.29) is 42.7 Å². The van der Waals surface area contributed by atoms with Crippen LogP contribution < -0.4 is 21.1 Å². The second-order valence-corrected chi connectivity index (χ2v) is 6.53. The van der Waals surface area contributed by atoms with Gasteiger partial charge in [0.05, 0.1) is 30.2 Å². The number of rotatable bonds is 7. The third-order valence-corrected chi connectivity index (χ3v) is 4.12. The van der Waals surface area contributed by atoms with E-state index in [9.17, 15) is 9.59 Å². The van der Waals surface area contributed by atoms with Gasteiger partial charge in [-0.1, -0.05) is 19.9 Å². The molecule has 0 radical (unpaired) electrons. The van der Waals surface area contributed by atoms with Gasteiger partial charge >= 0.3 is 0 Å². The van der Waals surface area contributed by atoms with Crippen molar-refractivity contribution in [1.29, 1.82) is 0 Å². The van der Waals surface area contributed by atoms with Crippen LogP contribution >= 0.6 is 28.3 Å². The second-order valence-electron chi connectivity index (χ2n) is 5.67. The van der Waals surface area contributed by atoms with Crippen LogP contribution in [0.5, 0.6) is 5.75 Å². The predicted octanol–water partition coefficient (Wildman–Crippen LogP) is 2.16. The minimum absolute atomic E-state index is 0. The van der Waals surface area contributed by atoms with Gasteiger partial charge in [-0.25, -0.2) is 0 Å². The first-order chi connectivity index (χ1) is 10.8. The zero-order chi connectivity index (χ0) is 17.6. The fraction of sp³-hybridized carbons (Fsp3) is 0.500. The van der Waals surface area contributed by atoms with Crippen molar-refractivity contribution in [3.8, 4) is 5.75 Å². The van der Waals surface area contributed by atoms with Crippen molar-refractivity contribution in [3.05, 3.63) is 28.2 Å². The van der Waals surface area contributed by atoms with E-state index in [0.717, 1.165) is 15.8 Å². The smallest absolute Gasteiger partial charge is 0.239 e. The van der Waals surface area contributed by atoms with Crippen molar-refractivity contribution >= 4 is 40.2 Å². The lowest BCUT2D eigenvalue weighted by molar-refractivity contribution is -0.127. The van der Waals surface area contributed by atoms with E-state index in [1.165, 1.54) is 0 Å². The molecule has 0 spiro atoms. The van der Waals surface area contributed by atoms with Gasteiger partial charge in [0.2, 0.25) is 11.8 Å². The predicted molar refractivity (Wildman–Crippen MR) is 100 cm³/mol. The van der Waals surface area contributed by atoms with Crippen molar-refractivity contribution in [2.24, 2.45) is 11.7 Å². The lowest BCUT2D eigenvalue weighted by Gasteiger charge is -2.18.